The van der Waals surface area contributed by atoms with Crippen LogP contribution in [0.25, 0.3) is 11.0 Å². The zero-order valence-electron chi connectivity index (χ0n) is 9.27. The topological polar surface area (TPSA) is 84.3 Å². The summed E-state index contributed by atoms with van der Waals surface area (Å²) in [5.74, 6) is -0.288. The van der Waals surface area contributed by atoms with Crippen molar-refractivity contribution in [2.24, 2.45) is 0 Å². The Morgan fingerprint density at radius 1 is 1.53 bits per heavy atom. The van der Waals surface area contributed by atoms with Gasteiger partial charge in [0.2, 0.25) is 0 Å². The predicted octanol–water partition coefficient (Wildman–Crippen LogP) is 0.813. The van der Waals surface area contributed by atoms with Crippen LogP contribution in [-0.4, -0.2) is 27.7 Å². The maximum atomic E-state index is 11.6. The largest absolute Gasteiger partial charge is 0.497 e. The predicted molar refractivity (Wildman–Crippen MR) is 61.4 cm³/mol. The highest BCUT2D eigenvalue weighted by Crippen LogP contribution is 2.18. The van der Waals surface area contributed by atoms with Gasteiger partial charge in [-0.15, -0.1) is 0 Å². The molecule has 6 nitrogen and oxygen atoms in total. The average molecular weight is 236 g/mol. The number of nitrogens with zero attached hydrogens (tertiary/aromatic N) is 1. The van der Waals surface area contributed by atoms with E-state index in [1.165, 1.54) is 4.57 Å². The maximum absolute atomic E-state index is 11.6. The van der Waals surface area contributed by atoms with Gasteiger partial charge in [-0.05, 0) is 12.1 Å². The first-order valence-corrected chi connectivity index (χ1v) is 5.10. The highest BCUT2D eigenvalue weighted by Gasteiger charge is 2.08. The fourth-order valence-corrected chi connectivity index (χ4v) is 1.70. The Bertz CT molecular complexity index is 611. The van der Waals surface area contributed by atoms with Crippen LogP contribution >= 0.6 is 0 Å². The number of hydrogen-bond donors (Lipinski definition) is 2. The average Bonchev–Trinajstić information content (AvgIpc) is 2.60. The van der Waals surface area contributed by atoms with E-state index in [0.717, 1.165) is 0 Å². The molecule has 90 valence electrons. The van der Waals surface area contributed by atoms with E-state index in [2.05, 4.69) is 4.98 Å². The molecule has 0 aliphatic rings. The standard InChI is InChI=1S/C11H12N2O4/c1-17-7-2-3-9-8(6-7)12-11(16)13(9)5-4-10(14)15/h2-3,6H,4-5H2,1H3,(H,12,16)(H,14,15). The highest BCUT2D eigenvalue weighted by atomic mass is 16.5. The quantitative estimate of drug-likeness (QED) is 0.822. The molecule has 0 saturated heterocycles. The summed E-state index contributed by atoms with van der Waals surface area (Å²) < 4.78 is 6.45. The summed E-state index contributed by atoms with van der Waals surface area (Å²) in [6.07, 6.45) is -0.0844. The minimum Gasteiger partial charge on any atom is -0.497 e. The molecule has 0 bridgehead atoms. The fourth-order valence-electron chi connectivity index (χ4n) is 1.70. The molecule has 0 amide bonds. The van der Waals surface area contributed by atoms with Crippen molar-refractivity contribution in [2.75, 3.05) is 7.11 Å². The minimum atomic E-state index is -0.931. The SMILES string of the molecule is COc1ccc2c(c1)[nH]c(=O)n2CCC(=O)O. The molecule has 1 heterocycles. The van der Waals surface area contributed by atoms with Gasteiger partial charge < -0.3 is 14.8 Å². The number of aromatic nitrogens is 2. The van der Waals surface area contributed by atoms with E-state index < -0.39 is 5.97 Å². The number of carboxylic acid groups (broad SMARTS) is 1. The van der Waals surface area contributed by atoms with Gasteiger partial charge in [0.25, 0.3) is 0 Å². The van der Waals surface area contributed by atoms with Crippen LogP contribution in [0.5, 0.6) is 5.75 Å². The second kappa shape index (κ2) is 4.32. The minimum absolute atomic E-state index is 0.0844. The van der Waals surface area contributed by atoms with E-state index in [4.69, 9.17) is 9.84 Å². The Hall–Kier alpha value is -2.24. The lowest BCUT2D eigenvalue weighted by Crippen LogP contribution is -2.18. The number of fused-ring (bicyclic) bond motifs is 1. The Labute approximate surface area is 96.4 Å². The number of benzene rings is 1. The Morgan fingerprint density at radius 3 is 2.94 bits per heavy atom. The zero-order chi connectivity index (χ0) is 12.4. The molecule has 2 rings (SSSR count). The van der Waals surface area contributed by atoms with Crippen LogP contribution in [0.2, 0.25) is 0 Å². The van der Waals surface area contributed by atoms with E-state index in [1.54, 1.807) is 25.3 Å². The third-order valence-electron chi connectivity index (χ3n) is 2.53. The number of carboxylic acids is 1. The molecule has 0 saturated carbocycles. The molecule has 2 N–H and O–H groups in total. The number of imidazole rings is 1. The van der Waals surface area contributed by atoms with Crippen molar-refractivity contribution < 1.29 is 14.6 Å². The molecule has 2 aromatic rings. The van der Waals surface area contributed by atoms with E-state index in [1.807, 2.05) is 0 Å². The molecule has 0 fully saturated rings. The van der Waals surface area contributed by atoms with Crippen molar-refractivity contribution in [3.8, 4) is 5.75 Å². The summed E-state index contributed by atoms with van der Waals surface area (Å²) >= 11 is 0. The van der Waals surface area contributed by atoms with Crippen molar-refractivity contribution in [3.63, 3.8) is 0 Å². The summed E-state index contributed by atoms with van der Waals surface area (Å²) in [6, 6.07) is 5.16. The van der Waals surface area contributed by atoms with Gasteiger partial charge in [-0.25, -0.2) is 4.79 Å². The summed E-state index contributed by atoms with van der Waals surface area (Å²) in [5, 5.41) is 8.61. The second-order valence-electron chi connectivity index (χ2n) is 3.61. The molecule has 1 aromatic carbocycles. The van der Waals surface area contributed by atoms with Crippen LogP contribution in [0.15, 0.2) is 23.0 Å². The van der Waals surface area contributed by atoms with E-state index in [-0.39, 0.29) is 18.7 Å². The molecule has 17 heavy (non-hydrogen) atoms. The number of rotatable bonds is 4. The van der Waals surface area contributed by atoms with Crippen LogP contribution in [0.4, 0.5) is 0 Å². The van der Waals surface area contributed by atoms with Gasteiger partial charge in [0.15, 0.2) is 0 Å². The molecule has 0 unspecified atom stereocenters. The molecule has 0 radical (unpaired) electrons. The van der Waals surface area contributed by atoms with E-state index in [0.29, 0.717) is 16.8 Å². The third-order valence-corrected chi connectivity index (χ3v) is 2.53. The molecule has 0 atom stereocenters. The van der Waals surface area contributed by atoms with Crippen molar-refractivity contribution in [2.45, 2.75) is 13.0 Å². The van der Waals surface area contributed by atoms with Gasteiger partial charge in [0.05, 0.1) is 24.6 Å². The Kier molecular flexibility index (Phi) is 2.86. The van der Waals surface area contributed by atoms with Crippen LogP contribution in [0, 0.1) is 0 Å². The third kappa shape index (κ3) is 2.15. The van der Waals surface area contributed by atoms with Crippen molar-refractivity contribution in [3.05, 3.63) is 28.7 Å². The van der Waals surface area contributed by atoms with Gasteiger partial charge in [-0.2, -0.15) is 0 Å². The van der Waals surface area contributed by atoms with Crippen LogP contribution in [-0.2, 0) is 11.3 Å². The first-order valence-electron chi connectivity index (χ1n) is 5.10. The van der Waals surface area contributed by atoms with Crippen LogP contribution in [0.3, 0.4) is 0 Å². The Morgan fingerprint density at radius 2 is 2.29 bits per heavy atom. The molecule has 0 aliphatic heterocycles. The van der Waals surface area contributed by atoms with Crippen LogP contribution < -0.4 is 10.4 Å². The number of aliphatic carboxylic acids is 1. The van der Waals surface area contributed by atoms with Gasteiger partial charge in [-0.3, -0.25) is 9.36 Å². The fraction of sp³-hybridized carbons (Fsp3) is 0.273. The number of aromatic amines is 1. The smallest absolute Gasteiger partial charge is 0.326 e. The highest BCUT2D eigenvalue weighted by molar-refractivity contribution is 5.77. The van der Waals surface area contributed by atoms with Crippen molar-refractivity contribution >= 4 is 17.0 Å². The number of nitrogens with one attached hydrogen (secondary N) is 1. The summed E-state index contributed by atoms with van der Waals surface area (Å²) in [4.78, 5) is 24.8. The van der Waals surface area contributed by atoms with Crippen molar-refractivity contribution in [1.29, 1.82) is 0 Å². The van der Waals surface area contributed by atoms with E-state index >= 15 is 0 Å². The first kappa shape index (κ1) is 11.3. The first-order chi connectivity index (χ1) is 8.11. The number of ether oxygens (including phenoxy) is 1. The number of hydrogen-bond acceptors (Lipinski definition) is 3. The maximum Gasteiger partial charge on any atom is 0.326 e. The van der Waals surface area contributed by atoms with Gasteiger partial charge >= 0.3 is 11.7 Å². The summed E-state index contributed by atoms with van der Waals surface area (Å²) in [5.41, 5.74) is 1.01. The van der Waals surface area contributed by atoms with Gasteiger partial charge in [0, 0.05) is 12.6 Å². The second-order valence-corrected chi connectivity index (χ2v) is 3.61. The number of H-pyrrole nitrogens is 1. The lowest BCUT2D eigenvalue weighted by Gasteiger charge is -2.02. The number of carbonyl (C=O) groups is 1. The summed E-state index contributed by atoms with van der Waals surface area (Å²) in [7, 11) is 1.54. The number of aryl methyl sites for hydroxylation is 1. The lowest BCUT2D eigenvalue weighted by molar-refractivity contribution is -0.137. The molecule has 1 aromatic heterocycles. The monoisotopic (exact) mass is 236 g/mol. The van der Waals surface area contributed by atoms with E-state index in [9.17, 15) is 9.59 Å². The zero-order valence-corrected chi connectivity index (χ0v) is 9.27. The molecule has 6 heteroatoms. The lowest BCUT2D eigenvalue weighted by atomic mass is 10.3. The van der Waals surface area contributed by atoms with Gasteiger partial charge in [0.1, 0.15) is 5.75 Å². The van der Waals surface area contributed by atoms with Gasteiger partial charge in [-0.1, -0.05) is 0 Å². The Balaban J connectivity index is 2.45. The molecule has 0 aliphatic carbocycles. The number of methoxy groups -OCH3 is 1. The van der Waals surface area contributed by atoms with Crippen molar-refractivity contribution in [1.82, 2.24) is 9.55 Å². The summed E-state index contributed by atoms with van der Waals surface area (Å²) in [6.45, 7) is 0.153. The van der Waals surface area contributed by atoms with Crippen LogP contribution in [0.1, 0.15) is 6.42 Å². The molecular weight excluding hydrogens is 224 g/mol. The normalized spacial score (nSPS) is 10.6. The molecular formula is C11H12N2O4. The molecule has 0 spiro atoms.